The first-order valence-electron chi connectivity index (χ1n) is 6.00. The maximum Gasteiger partial charge on any atom is 0.103 e. The van der Waals surface area contributed by atoms with E-state index in [4.69, 9.17) is 23.2 Å². The molecule has 0 saturated heterocycles. The lowest BCUT2D eigenvalue weighted by Crippen LogP contribution is -1.90. The van der Waals surface area contributed by atoms with Crippen LogP contribution in [0.4, 0.5) is 0 Å². The van der Waals surface area contributed by atoms with Gasteiger partial charge in [-0.1, -0.05) is 35.3 Å². The first-order valence-corrected chi connectivity index (χ1v) is 7.57. The number of aromatic nitrogens is 2. The molecule has 0 radical (unpaired) electrons. The van der Waals surface area contributed by atoms with E-state index in [0.717, 1.165) is 21.8 Å². The van der Waals surface area contributed by atoms with E-state index in [2.05, 4.69) is 29.3 Å². The second-order valence-electron chi connectivity index (χ2n) is 4.32. The smallest absolute Gasteiger partial charge is 0.103 e. The van der Waals surface area contributed by atoms with Gasteiger partial charge < -0.3 is 0 Å². The molecule has 2 nitrogen and oxygen atoms in total. The van der Waals surface area contributed by atoms with Crippen molar-refractivity contribution in [2.75, 3.05) is 0 Å². The van der Waals surface area contributed by atoms with Crippen LogP contribution in [0, 0.1) is 6.92 Å². The van der Waals surface area contributed by atoms with Crippen LogP contribution in [0.2, 0.25) is 10.0 Å². The highest BCUT2D eigenvalue weighted by molar-refractivity contribution is 7.15. The van der Waals surface area contributed by atoms with E-state index in [1.54, 1.807) is 17.4 Å². The molecule has 3 aromatic rings. The van der Waals surface area contributed by atoms with Gasteiger partial charge in [0.15, 0.2) is 0 Å². The Kier molecular flexibility index (Phi) is 3.74. The third-order valence-electron chi connectivity index (χ3n) is 2.88. The van der Waals surface area contributed by atoms with Gasteiger partial charge in [0.05, 0.1) is 20.6 Å². The molecule has 0 aliphatic carbocycles. The Morgan fingerprint density at radius 2 is 1.65 bits per heavy atom. The summed E-state index contributed by atoms with van der Waals surface area (Å²) < 4.78 is 0. The van der Waals surface area contributed by atoms with Crippen molar-refractivity contribution < 1.29 is 0 Å². The molecule has 5 heteroatoms. The number of nitrogens with zero attached hydrogens (tertiary/aromatic N) is 2. The highest BCUT2D eigenvalue weighted by Crippen LogP contribution is 2.33. The molecular weight excluding hydrogens is 311 g/mol. The molecule has 0 amide bonds. The minimum Gasteiger partial charge on any atom is -0.150 e. The number of benzene rings is 1. The Bertz CT molecular complexity index is 751. The van der Waals surface area contributed by atoms with Gasteiger partial charge in [0.2, 0.25) is 0 Å². The highest BCUT2D eigenvalue weighted by Gasteiger charge is 2.09. The zero-order valence-corrected chi connectivity index (χ0v) is 12.9. The molecule has 0 aliphatic rings. The summed E-state index contributed by atoms with van der Waals surface area (Å²) in [7, 11) is 0. The van der Waals surface area contributed by atoms with Crippen LogP contribution in [0.3, 0.4) is 0 Å². The van der Waals surface area contributed by atoms with E-state index in [-0.39, 0.29) is 0 Å². The van der Waals surface area contributed by atoms with E-state index in [9.17, 15) is 0 Å². The Labute approximate surface area is 131 Å². The second-order valence-corrected chi connectivity index (χ2v) is 6.39. The molecule has 100 valence electrons. The fourth-order valence-electron chi connectivity index (χ4n) is 1.88. The fraction of sp³-hybridized carbons (Fsp3) is 0.0667. The Morgan fingerprint density at radius 1 is 0.900 bits per heavy atom. The molecule has 20 heavy (non-hydrogen) atoms. The van der Waals surface area contributed by atoms with Gasteiger partial charge in [-0.25, -0.2) is 0 Å². The van der Waals surface area contributed by atoms with E-state index in [1.807, 2.05) is 24.3 Å². The molecule has 0 atom stereocenters. The molecule has 2 aromatic heterocycles. The maximum absolute atomic E-state index is 6.19. The second kappa shape index (κ2) is 5.52. The van der Waals surface area contributed by atoms with E-state index in [0.29, 0.717) is 10.0 Å². The van der Waals surface area contributed by atoms with Crippen LogP contribution < -0.4 is 0 Å². The van der Waals surface area contributed by atoms with Crippen LogP contribution in [-0.4, -0.2) is 10.2 Å². The van der Waals surface area contributed by atoms with E-state index >= 15 is 0 Å². The highest BCUT2D eigenvalue weighted by atomic mass is 35.5. The number of thiophene rings is 1. The quantitative estimate of drug-likeness (QED) is 0.624. The fourth-order valence-corrected chi connectivity index (χ4v) is 3.11. The topological polar surface area (TPSA) is 25.8 Å². The standard InChI is InChI=1S/C15H10Cl2N2S/c1-9-5-8-14(20-9)13-7-6-12(18-19-13)10-3-2-4-11(16)15(10)17/h2-8H,1H3. The number of halogens is 2. The normalized spacial score (nSPS) is 10.8. The summed E-state index contributed by atoms with van der Waals surface area (Å²) in [4.78, 5) is 2.36. The van der Waals surface area contributed by atoms with Crippen LogP contribution in [0.15, 0.2) is 42.5 Å². The lowest BCUT2D eigenvalue weighted by atomic mass is 10.1. The third kappa shape index (κ3) is 2.57. The molecule has 0 spiro atoms. The first-order chi connectivity index (χ1) is 9.65. The van der Waals surface area contributed by atoms with Crippen LogP contribution in [-0.2, 0) is 0 Å². The molecule has 2 heterocycles. The monoisotopic (exact) mass is 320 g/mol. The zero-order chi connectivity index (χ0) is 14.1. The molecule has 0 unspecified atom stereocenters. The molecule has 0 aliphatic heterocycles. The van der Waals surface area contributed by atoms with Crippen molar-refractivity contribution in [1.29, 1.82) is 0 Å². The number of rotatable bonds is 2. The maximum atomic E-state index is 6.19. The lowest BCUT2D eigenvalue weighted by molar-refractivity contribution is 1.05. The molecular formula is C15H10Cl2N2S. The summed E-state index contributed by atoms with van der Waals surface area (Å²) in [6, 6.07) is 13.5. The van der Waals surface area contributed by atoms with Gasteiger partial charge in [-0.3, -0.25) is 0 Å². The third-order valence-corrected chi connectivity index (χ3v) is 4.73. The largest absolute Gasteiger partial charge is 0.150 e. The summed E-state index contributed by atoms with van der Waals surface area (Å²) in [5.41, 5.74) is 2.38. The molecule has 0 saturated carbocycles. The van der Waals surface area contributed by atoms with Crippen molar-refractivity contribution in [1.82, 2.24) is 10.2 Å². The van der Waals surface area contributed by atoms with Gasteiger partial charge >= 0.3 is 0 Å². The summed E-state index contributed by atoms with van der Waals surface area (Å²) in [5, 5.41) is 9.54. The van der Waals surface area contributed by atoms with Crippen LogP contribution in [0.5, 0.6) is 0 Å². The number of hydrogen-bond donors (Lipinski definition) is 0. The molecule has 3 rings (SSSR count). The summed E-state index contributed by atoms with van der Waals surface area (Å²) in [6.07, 6.45) is 0. The average molecular weight is 321 g/mol. The minimum absolute atomic E-state index is 0.503. The van der Waals surface area contributed by atoms with E-state index in [1.165, 1.54) is 4.88 Å². The Morgan fingerprint density at radius 3 is 2.30 bits per heavy atom. The van der Waals surface area contributed by atoms with Crippen LogP contribution >= 0.6 is 34.5 Å². The van der Waals surface area contributed by atoms with Gasteiger partial charge in [-0.2, -0.15) is 0 Å². The molecule has 0 bridgehead atoms. The molecule has 0 N–H and O–H groups in total. The van der Waals surface area contributed by atoms with Crippen molar-refractivity contribution in [2.24, 2.45) is 0 Å². The minimum atomic E-state index is 0.503. The van der Waals surface area contributed by atoms with Gasteiger partial charge in [-0.15, -0.1) is 21.5 Å². The zero-order valence-electron chi connectivity index (χ0n) is 10.6. The van der Waals surface area contributed by atoms with Gasteiger partial charge in [0.25, 0.3) is 0 Å². The van der Waals surface area contributed by atoms with Crippen molar-refractivity contribution in [2.45, 2.75) is 6.92 Å². The van der Waals surface area contributed by atoms with E-state index < -0.39 is 0 Å². The Hall–Kier alpha value is -1.42. The van der Waals surface area contributed by atoms with Gasteiger partial charge in [0, 0.05) is 10.4 Å². The summed E-state index contributed by atoms with van der Waals surface area (Å²) in [6.45, 7) is 2.07. The SMILES string of the molecule is Cc1ccc(-c2ccc(-c3cccc(Cl)c3Cl)nn2)s1. The first kappa shape index (κ1) is 13.6. The Balaban J connectivity index is 1.99. The lowest BCUT2D eigenvalue weighted by Gasteiger charge is -2.05. The number of hydrogen-bond acceptors (Lipinski definition) is 3. The van der Waals surface area contributed by atoms with Crippen molar-refractivity contribution in [3.63, 3.8) is 0 Å². The number of aryl methyl sites for hydroxylation is 1. The predicted molar refractivity (Wildman–Crippen MR) is 85.5 cm³/mol. The van der Waals surface area contributed by atoms with Crippen LogP contribution in [0.25, 0.3) is 21.8 Å². The molecule has 0 fully saturated rings. The average Bonchev–Trinajstić information content (AvgIpc) is 2.89. The van der Waals surface area contributed by atoms with Gasteiger partial charge in [-0.05, 0) is 37.3 Å². The van der Waals surface area contributed by atoms with Gasteiger partial charge in [0.1, 0.15) is 5.69 Å². The van der Waals surface area contributed by atoms with Crippen LogP contribution in [0.1, 0.15) is 4.88 Å². The predicted octanol–water partition coefficient (Wildman–Crippen LogP) is 5.49. The van der Waals surface area contributed by atoms with Crippen molar-refractivity contribution >= 4 is 34.5 Å². The van der Waals surface area contributed by atoms with Crippen molar-refractivity contribution in [3.05, 3.63) is 57.4 Å². The molecule has 1 aromatic carbocycles. The summed E-state index contributed by atoms with van der Waals surface area (Å²) in [5.74, 6) is 0. The van der Waals surface area contributed by atoms with Crippen molar-refractivity contribution in [3.8, 4) is 21.8 Å². The summed E-state index contributed by atoms with van der Waals surface area (Å²) >= 11 is 13.9.